The third-order valence-corrected chi connectivity index (χ3v) is 4.60. The minimum Gasteiger partial charge on any atom is -0.326 e. The zero-order chi connectivity index (χ0) is 13.7. The standard InChI is InChI=1S/C14H16N2OS2/c1-10-4-3-5-12(8-10)16-13(17)6-7-18-14-15-11(2)9-19-14/h3-5,8-9H,6-7H2,1-2H3,(H,16,17). The van der Waals surface area contributed by atoms with Crippen LogP contribution in [0.25, 0.3) is 0 Å². The van der Waals surface area contributed by atoms with E-state index < -0.39 is 0 Å². The number of nitrogens with zero attached hydrogens (tertiary/aromatic N) is 1. The van der Waals surface area contributed by atoms with Crippen molar-refractivity contribution in [1.29, 1.82) is 0 Å². The van der Waals surface area contributed by atoms with Crippen molar-refractivity contribution in [1.82, 2.24) is 4.98 Å². The summed E-state index contributed by atoms with van der Waals surface area (Å²) >= 11 is 3.26. The highest BCUT2D eigenvalue weighted by Gasteiger charge is 2.04. The summed E-state index contributed by atoms with van der Waals surface area (Å²) in [6.45, 7) is 3.99. The number of hydrogen-bond acceptors (Lipinski definition) is 4. The molecule has 1 aromatic carbocycles. The average Bonchev–Trinajstić information content (AvgIpc) is 2.75. The van der Waals surface area contributed by atoms with Gasteiger partial charge >= 0.3 is 0 Å². The number of carbonyl (C=O) groups excluding carboxylic acids is 1. The van der Waals surface area contributed by atoms with Gasteiger partial charge in [0.1, 0.15) is 4.34 Å². The van der Waals surface area contributed by atoms with Gasteiger partial charge in [0.25, 0.3) is 0 Å². The molecule has 1 amide bonds. The van der Waals surface area contributed by atoms with E-state index in [-0.39, 0.29) is 5.91 Å². The minimum absolute atomic E-state index is 0.0476. The highest BCUT2D eigenvalue weighted by molar-refractivity contribution is 8.01. The number of anilines is 1. The summed E-state index contributed by atoms with van der Waals surface area (Å²) in [5.74, 6) is 0.802. The second kappa shape index (κ2) is 6.73. The summed E-state index contributed by atoms with van der Waals surface area (Å²) in [4.78, 5) is 16.1. The van der Waals surface area contributed by atoms with Crippen LogP contribution in [0.1, 0.15) is 17.7 Å². The van der Waals surface area contributed by atoms with Gasteiger partial charge in [0.2, 0.25) is 5.91 Å². The van der Waals surface area contributed by atoms with Gasteiger partial charge in [0, 0.05) is 28.9 Å². The third-order valence-electron chi connectivity index (χ3n) is 2.45. The van der Waals surface area contributed by atoms with Crippen molar-refractivity contribution in [3.8, 4) is 0 Å². The molecule has 100 valence electrons. The van der Waals surface area contributed by atoms with Crippen LogP contribution in [-0.2, 0) is 4.79 Å². The van der Waals surface area contributed by atoms with Crippen molar-refractivity contribution in [2.45, 2.75) is 24.6 Å². The normalized spacial score (nSPS) is 10.4. The molecule has 1 N–H and O–H groups in total. The van der Waals surface area contributed by atoms with Crippen LogP contribution in [0.15, 0.2) is 34.0 Å². The van der Waals surface area contributed by atoms with E-state index in [4.69, 9.17) is 0 Å². The van der Waals surface area contributed by atoms with Crippen LogP contribution in [0.3, 0.4) is 0 Å². The number of rotatable bonds is 5. The number of carbonyl (C=O) groups is 1. The number of benzene rings is 1. The van der Waals surface area contributed by atoms with Gasteiger partial charge in [-0.3, -0.25) is 4.79 Å². The largest absolute Gasteiger partial charge is 0.326 e. The van der Waals surface area contributed by atoms with E-state index in [0.717, 1.165) is 27.0 Å². The van der Waals surface area contributed by atoms with Gasteiger partial charge < -0.3 is 5.32 Å². The molecule has 1 aromatic heterocycles. The van der Waals surface area contributed by atoms with E-state index in [1.165, 1.54) is 0 Å². The molecule has 0 spiro atoms. The lowest BCUT2D eigenvalue weighted by Gasteiger charge is -2.05. The maximum atomic E-state index is 11.8. The van der Waals surface area contributed by atoms with Gasteiger partial charge in [-0.15, -0.1) is 11.3 Å². The summed E-state index contributed by atoms with van der Waals surface area (Å²) in [6, 6.07) is 7.83. The number of amides is 1. The molecule has 0 fully saturated rings. The molecular weight excluding hydrogens is 276 g/mol. The first kappa shape index (κ1) is 14.1. The summed E-state index contributed by atoms with van der Waals surface area (Å²) in [5, 5.41) is 4.93. The van der Waals surface area contributed by atoms with E-state index in [2.05, 4.69) is 10.3 Å². The molecule has 5 heteroatoms. The predicted molar refractivity (Wildman–Crippen MR) is 82.0 cm³/mol. The Morgan fingerprint density at radius 1 is 1.42 bits per heavy atom. The molecule has 3 nitrogen and oxygen atoms in total. The summed E-state index contributed by atoms with van der Waals surface area (Å²) in [7, 11) is 0. The molecular formula is C14H16N2OS2. The predicted octanol–water partition coefficient (Wildman–Crippen LogP) is 3.88. The number of hydrogen-bond donors (Lipinski definition) is 1. The van der Waals surface area contributed by atoms with E-state index >= 15 is 0 Å². The lowest BCUT2D eigenvalue weighted by atomic mass is 10.2. The topological polar surface area (TPSA) is 42.0 Å². The first-order valence-corrected chi connectivity index (χ1v) is 7.91. The van der Waals surface area contributed by atoms with Crippen LogP contribution in [0.2, 0.25) is 0 Å². The van der Waals surface area contributed by atoms with Crippen molar-refractivity contribution in [2.75, 3.05) is 11.1 Å². The van der Waals surface area contributed by atoms with Crippen LogP contribution in [0, 0.1) is 13.8 Å². The van der Waals surface area contributed by atoms with E-state index in [0.29, 0.717) is 6.42 Å². The number of aryl methyl sites for hydroxylation is 2. The molecule has 0 atom stereocenters. The second-order valence-corrected chi connectivity index (χ2v) is 6.47. The Kier molecular flexibility index (Phi) is 4.99. The first-order valence-electron chi connectivity index (χ1n) is 6.05. The Morgan fingerprint density at radius 3 is 2.95 bits per heavy atom. The number of nitrogens with one attached hydrogen (secondary N) is 1. The molecule has 19 heavy (non-hydrogen) atoms. The van der Waals surface area contributed by atoms with E-state index in [1.54, 1.807) is 23.1 Å². The summed E-state index contributed by atoms with van der Waals surface area (Å²) in [6.07, 6.45) is 0.497. The lowest BCUT2D eigenvalue weighted by molar-refractivity contribution is -0.115. The number of thiazole rings is 1. The van der Waals surface area contributed by atoms with Crippen LogP contribution >= 0.6 is 23.1 Å². The molecule has 0 unspecified atom stereocenters. The molecule has 0 radical (unpaired) electrons. The van der Waals surface area contributed by atoms with Crippen molar-refractivity contribution < 1.29 is 4.79 Å². The van der Waals surface area contributed by atoms with Gasteiger partial charge in [0.15, 0.2) is 0 Å². The maximum Gasteiger partial charge on any atom is 0.225 e. The fourth-order valence-electron chi connectivity index (χ4n) is 1.58. The highest BCUT2D eigenvalue weighted by atomic mass is 32.2. The fraction of sp³-hybridized carbons (Fsp3) is 0.286. The Labute approximate surface area is 121 Å². The van der Waals surface area contributed by atoms with Gasteiger partial charge in [-0.1, -0.05) is 23.9 Å². The van der Waals surface area contributed by atoms with Crippen LogP contribution < -0.4 is 5.32 Å². The summed E-state index contributed by atoms with van der Waals surface area (Å²) < 4.78 is 1.03. The zero-order valence-corrected chi connectivity index (χ0v) is 12.6. The highest BCUT2D eigenvalue weighted by Crippen LogP contribution is 2.23. The molecule has 0 aliphatic heterocycles. The Balaban J connectivity index is 1.76. The van der Waals surface area contributed by atoms with Gasteiger partial charge in [0.05, 0.1) is 0 Å². The van der Waals surface area contributed by atoms with Crippen molar-refractivity contribution in [3.63, 3.8) is 0 Å². The average molecular weight is 292 g/mol. The lowest BCUT2D eigenvalue weighted by Crippen LogP contribution is -2.12. The maximum absolute atomic E-state index is 11.8. The van der Waals surface area contributed by atoms with E-state index in [1.807, 2.05) is 43.5 Å². The monoisotopic (exact) mass is 292 g/mol. The summed E-state index contributed by atoms with van der Waals surface area (Å²) in [5.41, 5.74) is 3.04. The third kappa shape index (κ3) is 4.69. The molecule has 2 aromatic rings. The number of aromatic nitrogens is 1. The molecule has 0 bridgehead atoms. The molecule has 2 rings (SSSR count). The molecule has 0 aliphatic carbocycles. The van der Waals surface area contributed by atoms with Crippen molar-refractivity contribution in [2.24, 2.45) is 0 Å². The first-order chi connectivity index (χ1) is 9.13. The van der Waals surface area contributed by atoms with Gasteiger partial charge in [-0.25, -0.2) is 4.98 Å². The van der Waals surface area contributed by atoms with Crippen molar-refractivity contribution in [3.05, 3.63) is 40.9 Å². The molecule has 0 saturated heterocycles. The van der Waals surface area contributed by atoms with Crippen LogP contribution in [0.4, 0.5) is 5.69 Å². The van der Waals surface area contributed by atoms with E-state index in [9.17, 15) is 4.79 Å². The fourth-order valence-corrected chi connectivity index (χ4v) is 3.43. The van der Waals surface area contributed by atoms with Crippen LogP contribution in [0.5, 0.6) is 0 Å². The van der Waals surface area contributed by atoms with Gasteiger partial charge in [-0.2, -0.15) is 0 Å². The van der Waals surface area contributed by atoms with Crippen LogP contribution in [-0.4, -0.2) is 16.6 Å². The van der Waals surface area contributed by atoms with Crippen molar-refractivity contribution >= 4 is 34.7 Å². The zero-order valence-electron chi connectivity index (χ0n) is 11.0. The Hall–Kier alpha value is -1.33. The minimum atomic E-state index is 0.0476. The quantitative estimate of drug-likeness (QED) is 0.850. The Bertz CT molecular complexity index is 566. The molecule has 1 heterocycles. The Morgan fingerprint density at radius 2 is 2.26 bits per heavy atom. The SMILES string of the molecule is Cc1cccc(NC(=O)CCSc2nc(C)cs2)c1. The molecule has 0 saturated carbocycles. The molecule has 0 aliphatic rings. The smallest absolute Gasteiger partial charge is 0.225 e. The second-order valence-electron chi connectivity index (χ2n) is 4.27. The number of thioether (sulfide) groups is 1. The van der Waals surface area contributed by atoms with Gasteiger partial charge in [-0.05, 0) is 31.5 Å².